The zero-order chi connectivity index (χ0) is 14.4. The van der Waals surface area contributed by atoms with E-state index >= 15 is 0 Å². The Morgan fingerprint density at radius 3 is 2.95 bits per heavy atom. The highest BCUT2D eigenvalue weighted by atomic mass is 16.1. The quantitative estimate of drug-likeness (QED) is 0.829. The average molecular weight is 271 g/mol. The smallest absolute Gasteiger partial charge is 0.224 e. The van der Waals surface area contributed by atoms with Crippen LogP contribution < -0.4 is 5.32 Å². The van der Waals surface area contributed by atoms with Gasteiger partial charge in [0.15, 0.2) is 0 Å². The van der Waals surface area contributed by atoms with E-state index in [1.165, 1.54) is 12.8 Å². The number of carbonyl (C=O) groups is 1. The third-order valence-electron chi connectivity index (χ3n) is 3.59. The number of nitriles is 1. The minimum atomic E-state index is 0.0203. The molecule has 4 heteroatoms. The lowest BCUT2D eigenvalue weighted by molar-refractivity contribution is -0.116. The number of carbonyl (C=O) groups excluding carboxylic acids is 1. The minimum Gasteiger partial charge on any atom is -0.326 e. The van der Waals surface area contributed by atoms with E-state index in [9.17, 15) is 4.79 Å². The Balaban J connectivity index is 1.73. The van der Waals surface area contributed by atoms with Crippen molar-refractivity contribution in [3.05, 3.63) is 29.8 Å². The predicted molar refractivity (Wildman–Crippen MR) is 79.3 cm³/mol. The molecular formula is C16H21N3O. The van der Waals surface area contributed by atoms with Gasteiger partial charge in [-0.05, 0) is 50.6 Å². The first-order valence-corrected chi connectivity index (χ1v) is 7.27. The van der Waals surface area contributed by atoms with E-state index in [2.05, 4.69) is 23.2 Å². The van der Waals surface area contributed by atoms with Crippen molar-refractivity contribution in [2.24, 2.45) is 0 Å². The molecule has 1 aromatic carbocycles. The van der Waals surface area contributed by atoms with Gasteiger partial charge in [-0.3, -0.25) is 4.79 Å². The van der Waals surface area contributed by atoms with E-state index in [1.807, 2.05) is 0 Å². The summed E-state index contributed by atoms with van der Waals surface area (Å²) in [5.74, 6) is 0.0203. The lowest BCUT2D eigenvalue weighted by Crippen LogP contribution is -2.27. The lowest BCUT2D eigenvalue weighted by Gasteiger charge is -2.19. The summed E-state index contributed by atoms with van der Waals surface area (Å²) in [6.07, 6.45) is 4.02. The summed E-state index contributed by atoms with van der Waals surface area (Å²) in [6.45, 7) is 4.23. The first-order chi connectivity index (χ1) is 9.72. The van der Waals surface area contributed by atoms with Crippen LogP contribution in [0.25, 0.3) is 0 Å². The van der Waals surface area contributed by atoms with Gasteiger partial charge in [-0.25, -0.2) is 0 Å². The van der Waals surface area contributed by atoms with Crippen molar-refractivity contribution in [3.63, 3.8) is 0 Å². The van der Waals surface area contributed by atoms with Crippen molar-refractivity contribution < 1.29 is 4.79 Å². The number of nitrogens with zero attached hydrogens (tertiary/aromatic N) is 2. The van der Waals surface area contributed by atoms with Crippen molar-refractivity contribution in [3.8, 4) is 6.07 Å². The standard InChI is InChI=1S/C16H21N3O/c1-2-19(15-8-9-15)10-4-7-16(20)18-14-6-3-5-13(11-14)12-17/h3,5-6,11,15H,2,4,7-10H2,1H3,(H,18,20). The summed E-state index contributed by atoms with van der Waals surface area (Å²) in [5.41, 5.74) is 1.26. The summed E-state index contributed by atoms with van der Waals surface area (Å²) < 4.78 is 0. The number of benzene rings is 1. The largest absolute Gasteiger partial charge is 0.326 e. The summed E-state index contributed by atoms with van der Waals surface area (Å²) in [4.78, 5) is 14.3. The Morgan fingerprint density at radius 2 is 2.30 bits per heavy atom. The molecule has 1 aromatic rings. The lowest BCUT2D eigenvalue weighted by atomic mass is 10.2. The highest BCUT2D eigenvalue weighted by Crippen LogP contribution is 2.26. The fourth-order valence-corrected chi connectivity index (χ4v) is 2.37. The molecule has 4 nitrogen and oxygen atoms in total. The van der Waals surface area contributed by atoms with Gasteiger partial charge in [0.1, 0.15) is 0 Å². The third kappa shape index (κ3) is 4.36. The third-order valence-corrected chi connectivity index (χ3v) is 3.59. The van der Waals surface area contributed by atoms with E-state index in [1.54, 1.807) is 24.3 Å². The van der Waals surface area contributed by atoms with E-state index in [0.29, 0.717) is 17.7 Å². The number of amides is 1. The van der Waals surface area contributed by atoms with Crippen molar-refractivity contribution >= 4 is 11.6 Å². The molecule has 0 atom stereocenters. The van der Waals surface area contributed by atoms with Crippen LogP contribution in [0.2, 0.25) is 0 Å². The van der Waals surface area contributed by atoms with Crippen molar-refractivity contribution in [1.82, 2.24) is 4.90 Å². The second-order valence-electron chi connectivity index (χ2n) is 5.20. The van der Waals surface area contributed by atoms with Crippen molar-refractivity contribution in [1.29, 1.82) is 5.26 Å². The van der Waals surface area contributed by atoms with Crippen LogP contribution in [-0.2, 0) is 4.79 Å². The number of hydrogen-bond acceptors (Lipinski definition) is 3. The average Bonchev–Trinajstić information content (AvgIpc) is 3.28. The van der Waals surface area contributed by atoms with Gasteiger partial charge in [-0.2, -0.15) is 5.26 Å². The Morgan fingerprint density at radius 1 is 1.50 bits per heavy atom. The Labute approximate surface area is 120 Å². The van der Waals surface area contributed by atoms with Gasteiger partial charge in [0.05, 0.1) is 11.6 Å². The van der Waals surface area contributed by atoms with Crippen molar-refractivity contribution in [2.45, 2.75) is 38.6 Å². The molecule has 1 N–H and O–H groups in total. The summed E-state index contributed by atoms with van der Waals surface area (Å²) in [5, 5.41) is 11.7. The Hall–Kier alpha value is -1.86. The molecule has 0 aliphatic heterocycles. The van der Waals surface area contributed by atoms with Crippen LogP contribution in [0.3, 0.4) is 0 Å². The van der Waals surface area contributed by atoms with Crippen molar-refractivity contribution in [2.75, 3.05) is 18.4 Å². The zero-order valence-electron chi connectivity index (χ0n) is 11.9. The van der Waals surface area contributed by atoms with Crippen LogP contribution in [0, 0.1) is 11.3 Å². The molecule has 0 radical (unpaired) electrons. The molecule has 1 aliphatic carbocycles. The Kier molecular flexibility index (Phi) is 5.14. The first-order valence-electron chi connectivity index (χ1n) is 7.27. The zero-order valence-corrected chi connectivity index (χ0v) is 11.9. The SMILES string of the molecule is CCN(CCCC(=O)Nc1cccc(C#N)c1)C1CC1. The topological polar surface area (TPSA) is 56.1 Å². The van der Waals surface area contributed by atoms with Crippen LogP contribution in [0.1, 0.15) is 38.2 Å². The van der Waals surface area contributed by atoms with Crippen LogP contribution in [0.5, 0.6) is 0 Å². The Bertz CT molecular complexity index is 503. The normalized spacial score (nSPS) is 14.1. The van der Waals surface area contributed by atoms with Gasteiger partial charge in [0.2, 0.25) is 5.91 Å². The summed E-state index contributed by atoms with van der Waals surface area (Å²) in [6, 6.07) is 9.83. The van der Waals surface area contributed by atoms with Gasteiger partial charge >= 0.3 is 0 Å². The molecule has 0 saturated heterocycles. The number of hydrogen-bond donors (Lipinski definition) is 1. The number of rotatable bonds is 7. The molecule has 1 amide bonds. The molecule has 0 spiro atoms. The van der Waals surface area contributed by atoms with Gasteiger partial charge in [0, 0.05) is 18.2 Å². The summed E-state index contributed by atoms with van der Waals surface area (Å²) in [7, 11) is 0. The maximum Gasteiger partial charge on any atom is 0.224 e. The number of nitrogens with one attached hydrogen (secondary N) is 1. The maximum absolute atomic E-state index is 11.9. The maximum atomic E-state index is 11.9. The molecule has 1 fully saturated rings. The second kappa shape index (κ2) is 7.06. The number of anilines is 1. The fourth-order valence-electron chi connectivity index (χ4n) is 2.37. The first kappa shape index (κ1) is 14.5. The second-order valence-corrected chi connectivity index (χ2v) is 5.20. The molecule has 2 rings (SSSR count). The van der Waals surface area contributed by atoms with Gasteiger partial charge in [0.25, 0.3) is 0 Å². The molecule has 106 valence electrons. The van der Waals surface area contributed by atoms with Crippen LogP contribution in [0.4, 0.5) is 5.69 Å². The molecular weight excluding hydrogens is 250 g/mol. The molecule has 20 heavy (non-hydrogen) atoms. The minimum absolute atomic E-state index is 0.0203. The van der Waals surface area contributed by atoms with Gasteiger partial charge in [-0.1, -0.05) is 13.0 Å². The molecule has 1 saturated carbocycles. The molecule has 0 bridgehead atoms. The predicted octanol–water partition coefficient (Wildman–Crippen LogP) is 2.76. The highest BCUT2D eigenvalue weighted by Gasteiger charge is 2.27. The highest BCUT2D eigenvalue weighted by molar-refractivity contribution is 5.90. The van der Waals surface area contributed by atoms with Gasteiger partial charge < -0.3 is 10.2 Å². The molecule has 0 aromatic heterocycles. The van der Waals surface area contributed by atoms with E-state index in [4.69, 9.17) is 5.26 Å². The monoisotopic (exact) mass is 271 g/mol. The molecule has 1 aliphatic rings. The molecule has 0 unspecified atom stereocenters. The van der Waals surface area contributed by atoms with Crippen LogP contribution in [-0.4, -0.2) is 29.9 Å². The van der Waals surface area contributed by atoms with E-state index < -0.39 is 0 Å². The summed E-state index contributed by atoms with van der Waals surface area (Å²) >= 11 is 0. The van der Waals surface area contributed by atoms with E-state index in [-0.39, 0.29) is 5.91 Å². The van der Waals surface area contributed by atoms with Gasteiger partial charge in [-0.15, -0.1) is 0 Å². The van der Waals surface area contributed by atoms with Crippen LogP contribution in [0.15, 0.2) is 24.3 Å². The molecule has 0 heterocycles. The van der Waals surface area contributed by atoms with Crippen LogP contribution >= 0.6 is 0 Å². The fraction of sp³-hybridized carbons (Fsp3) is 0.500. The van der Waals surface area contributed by atoms with E-state index in [0.717, 1.165) is 25.6 Å².